The Kier molecular flexibility index (Phi) is 1.85. The molecule has 0 amide bonds. The largest absolute Gasteiger partial charge is 0.368 e. The van der Waals surface area contributed by atoms with Crippen LogP contribution in [0.2, 0.25) is 0 Å². The number of rotatable bonds is 1. The Morgan fingerprint density at radius 1 is 1.67 bits per heavy atom. The molecule has 0 saturated heterocycles. The fraction of sp³-hybridized carbons (Fsp3) is 0.200. The first-order valence-corrected chi connectivity index (χ1v) is 3.00. The molecule has 0 fully saturated rings. The predicted octanol–water partition coefficient (Wildman–Crippen LogP) is 0.798. The Morgan fingerprint density at radius 2 is 2.44 bits per heavy atom. The van der Waals surface area contributed by atoms with Crippen molar-refractivity contribution in [1.82, 2.24) is 9.97 Å². The number of nitrogen functional groups attached to an aromatic ring is 1. The van der Waals surface area contributed by atoms with E-state index in [9.17, 15) is 0 Å². The molecular formula is C5H6ClN3. The van der Waals surface area contributed by atoms with Crippen LogP contribution in [0.5, 0.6) is 0 Å². The second-order valence-electron chi connectivity index (χ2n) is 1.54. The van der Waals surface area contributed by atoms with Crippen molar-refractivity contribution in [3.63, 3.8) is 0 Å². The van der Waals surface area contributed by atoms with Crippen LogP contribution < -0.4 is 5.73 Å². The van der Waals surface area contributed by atoms with Gasteiger partial charge >= 0.3 is 0 Å². The van der Waals surface area contributed by atoms with Crippen molar-refractivity contribution in [2.24, 2.45) is 0 Å². The molecule has 1 aromatic rings. The SMILES string of the molecule is Nc1nccc(CCl)n1. The lowest BCUT2D eigenvalue weighted by Crippen LogP contribution is -1.95. The van der Waals surface area contributed by atoms with Crippen LogP contribution >= 0.6 is 11.6 Å². The fourth-order valence-electron chi connectivity index (χ4n) is 0.487. The van der Waals surface area contributed by atoms with Gasteiger partial charge in [-0.3, -0.25) is 0 Å². The third kappa shape index (κ3) is 1.54. The summed E-state index contributed by atoms with van der Waals surface area (Å²) in [5, 5.41) is 0. The summed E-state index contributed by atoms with van der Waals surface area (Å²) in [6, 6.07) is 1.73. The lowest BCUT2D eigenvalue weighted by atomic mass is 10.5. The summed E-state index contributed by atoms with van der Waals surface area (Å²) in [5.74, 6) is 0.653. The van der Waals surface area contributed by atoms with Crippen LogP contribution in [0.1, 0.15) is 5.69 Å². The van der Waals surface area contributed by atoms with Crippen LogP contribution in [-0.4, -0.2) is 9.97 Å². The average molecular weight is 144 g/mol. The number of halogens is 1. The molecule has 0 aliphatic rings. The van der Waals surface area contributed by atoms with Gasteiger partial charge in [0.2, 0.25) is 5.95 Å². The summed E-state index contributed by atoms with van der Waals surface area (Å²) in [7, 11) is 0. The molecule has 0 aromatic carbocycles. The molecule has 0 spiro atoms. The molecule has 0 aliphatic heterocycles. The summed E-state index contributed by atoms with van der Waals surface area (Å²) in [4.78, 5) is 7.52. The van der Waals surface area contributed by atoms with E-state index >= 15 is 0 Å². The van der Waals surface area contributed by atoms with Crippen molar-refractivity contribution in [1.29, 1.82) is 0 Å². The Bertz CT molecular complexity index is 201. The fourth-order valence-corrected chi connectivity index (χ4v) is 0.636. The molecule has 0 atom stereocenters. The molecule has 2 N–H and O–H groups in total. The number of aromatic nitrogens is 2. The number of nitrogens with two attached hydrogens (primary N) is 1. The van der Waals surface area contributed by atoms with Gasteiger partial charge < -0.3 is 5.73 Å². The highest BCUT2D eigenvalue weighted by molar-refractivity contribution is 6.16. The maximum Gasteiger partial charge on any atom is 0.220 e. The lowest BCUT2D eigenvalue weighted by molar-refractivity contribution is 1.10. The van der Waals surface area contributed by atoms with Crippen molar-refractivity contribution >= 4 is 17.5 Å². The minimum Gasteiger partial charge on any atom is -0.368 e. The predicted molar refractivity (Wildman–Crippen MR) is 36.0 cm³/mol. The Hall–Kier alpha value is -0.830. The van der Waals surface area contributed by atoms with E-state index < -0.39 is 0 Å². The Morgan fingerprint density at radius 3 is 2.89 bits per heavy atom. The van der Waals surface area contributed by atoms with Crippen LogP contribution in [-0.2, 0) is 5.88 Å². The van der Waals surface area contributed by atoms with Gasteiger partial charge in [-0.1, -0.05) is 0 Å². The summed E-state index contributed by atoms with van der Waals surface area (Å²) < 4.78 is 0. The molecule has 0 unspecified atom stereocenters. The molecule has 1 rings (SSSR count). The molecule has 9 heavy (non-hydrogen) atoms. The maximum absolute atomic E-state index is 5.45. The van der Waals surface area contributed by atoms with Crippen molar-refractivity contribution in [3.8, 4) is 0 Å². The zero-order chi connectivity index (χ0) is 6.69. The summed E-state index contributed by atoms with van der Waals surface area (Å²) >= 11 is 5.45. The first-order chi connectivity index (χ1) is 4.33. The van der Waals surface area contributed by atoms with Gasteiger partial charge in [-0.2, -0.15) is 0 Å². The molecular weight excluding hydrogens is 138 g/mol. The molecule has 0 saturated carbocycles. The van der Waals surface area contributed by atoms with E-state index in [0.29, 0.717) is 5.88 Å². The van der Waals surface area contributed by atoms with Gasteiger partial charge in [0, 0.05) is 6.20 Å². The van der Waals surface area contributed by atoms with Crippen molar-refractivity contribution in [3.05, 3.63) is 18.0 Å². The second-order valence-corrected chi connectivity index (χ2v) is 1.81. The normalized spacial score (nSPS) is 9.44. The highest BCUT2D eigenvalue weighted by atomic mass is 35.5. The first-order valence-electron chi connectivity index (χ1n) is 2.46. The van der Waals surface area contributed by atoms with Gasteiger partial charge in [0.25, 0.3) is 0 Å². The van der Waals surface area contributed by atoms with E-state index in [4.69, 9.17) is 17.3 Å². The second kappa shape index (κ2) is 2.64. The minimum absolute atomic E-state index is 0.271. The molecule has 3 nitrogen and oxygen atoms in total. The number of anilines is 1. The standard InChI is InChI=1S/C5H6ClN3/c6-3-4-1-2-8-5(7)9-4/h1-2H,3H2,(H2,7,8,9). The van der Waals surface area contributed by atoms with Crippen LogP contribution in [0.25, 0.3) is 0 Å². The highest BCUT2D eigenvalue weighted by Gasteiger charge is 1.90. The number of hydrogen-bond donors (Lipinski definition) is 1. The third-order valence-electron chi connectivity index (χ3n) is 0.869. The average Bonchev–Trinajstić information content (AvgIpc) is 1.88. The molecule has 0 bridgehead atoms. The van der Waals surface area contributed by atoms with E-state index in [1.165, 1.54) is 0 Å². The zero-order valence-corrected chi connectivity index (χ0v) is 5.47. The van der Waals surface area contributed by atoms with E-state index in [-0.39, 0.29) is 5.95 Å². The topological polar surface area (TPSA) is 51.8 Å². The quantitative estimate of drug-likeness (QED) is 0.592. The molecule has 48 valence electrons. The van der Waals surface area contributed by atoms with E-state index in [0.717, 1.165) is 5.69 Å². The number of nitrogens with zero attached hydrogens (tertiary/aromatic N) is 2. The van der Waals surface area contributed by atoms with Gasteiger partial charge in [0.15, 0.2) is 0 Å². The molecule has 0 aliphatic carbocycles. The molecule has 1 aromatic heterocycles. The number of hydrogen-bond acceptors (Lipinski definition) is 3. The van der Waals surface area contributed by atoms with E-state index in [1.54, 1.807) is 12.3 Å². The van der Waals surface area contributed by atoms with Gasteiger partial charge in [0.05, 0.1) is 11.6 Å². The Balaban J connectivity index is 2.94. The van der Waals surface area contributed by atoms with Crippen LogP contribution in [0.15, 0.2) is 12.3 Å². The van der Waals surface area contributed by atoms with Gasteiger partial charge in [0.1, 0.15) is 0 Å². The monoisotopic (exact) mass is 143 g/mol. The van der Waals surface area contributed by atoms with Crippen molar-refractivity contribution < 1.29 is 0 Å². The van der Waals surface area contributed by atoms with E-state index in [1.807, 2.05) is 0 Å². The smallest absolute Gasteiger partial charge is 0.220 e. The molecule has 1 heterocycles. The third-order valence-corrected chi connectivity index (χ3v) is 1.14. The Labute approximate surface area is 57.9 Å². The van der Waals surface area contributed by atoms with Gasteiger partial charge in [-0.25, -0.2) is 9.97 Å². The summed E-state index contributed by atoms with van der Waals surface area (Å²) in [6.07, 6.45) is 1.58. The van der Waals surface area contributed by atoms with Crippen LogP contribution in [0.4, 0.5) is 5.95 Å². The lowest BCUT2D eigenvalue weighted by Gasteiger charge is -1.92. The maximum atomic E-state index is 5.45. The van der Waals surface area contributed by atoms with Crippen LogP contribution in [0.3, 0.4) is 0 Å². The molecule has 4 heteroatoms. The van der Waals surface area contributed by atoms with Crippen molar-refractivity contribution in [2.75, 3.05) is 5.73 Å². The first kappa shape index (κ1) is 6.29. The highest BCUT2D eigenvalue weighted by Crippen LogP contribution is 1.98. The minimum atomic E-state index is 0.271. The molecule has 0 radical (unpaired) electrons. The van der Waals surface area contributed by atoms with E-state index in [2.05, 4.69) is 9.97 Å². The van der Waals surface area contributed by atoms with Gasteiger partial charge in [-0.15, -0.1) is 11.6 Å². The van der Waals surface area contributed by atoms with Gasteiger partial charge in [-0.05, 0) is 6.07 Å². The number of alkyl halides is 1. The summed E-state index contributed by atoms with van der Waals surface area (Å²) in [5.41, 5.74) is 6.01. The van der Waals surface area contributed by atoms with Crippen molar-refractivity contribution in [2.45, 2.75) is 5.88 Å². The summed E-state index contributed by atoms with van der Waals surface area (Å²) in [6.45, 7) is 0. The zero-order valence-electron chi connectivity index (χ0n) is 4.71. The van der Waals surface area contributed by atoms with Crippen LogP contribution in [0, 0.1) is 0 Å².